The van der Waals surface area contributed by atoms with Gasteiger partial charge in [0, 0.05) is 39.8 Å². The third-order valence-corrected chi connectivity index (χ3v) is 5.21. The van der Waals surface area contributed by atoms with Crippen LogP contribution < -0.4 is 24.4 Å². The van der Waals surface area contributed by atoms with Crippen LogP contribution in [0.15, 0.2) is 47.5 Å². The van der Waals surface area contributed by atoms with Crippen molar-refractivity contribution in [2.45, 2.75) is 6.54 Å². The maximum Gasteiger partial charge on any atom is 0.194 e. The molecule has 172 valence electrons. The first kappa shape index (κ1) is 25.5. The summed E-state index contributed by atoms with van der Waals surface area (Å²) in [5, 5.41) is 3.45. The van der Waals surface area contributed by atoms with Gasteiger partial charge in [-0.3, -0.25) is 4.99 Å². The monoisotopic (exact) mass is 550 g/mol. The molecule has 1 fully saturated rings. The fourth-order valence-corrected chi connectivity index (χ4v) is 3.63. The molecule has 0 bridgehead atoms. The summed E-state index contributed by atoms with van der Waals surface area (Å²) >= 11 is 0. The van der Waals surface area contributed by atoms with Gasteiger partial charge in [0.1, 0.15) is 12.4 Å². The Morgan fingerprint density at radius 3 is 2.41 bits per heavy atom. The largest absolute Gasteiger partial charge is 0.495 e. The molecule has 1 saturated heterocycles. The fraction of sp³-hybridized carbons (Fsp3) is 0.375. The second-order valence-corrected chi connectivity index (χ2v) is 7.02. The van der Waals surface area contributed by atoms with Crippen LogP contribution in [0.25, 0.3) is 0 Å². The van der Waals surface area contributed by atoms with Crippen LogP contribution in [0.3, 0.4) is 0 Å². The van der Waals surface area contributed by atoms with E-state index >= 15 is 0 Å². The number of rotatable bonds is 7. The van der Waals surface area contributed by atoms with Crippen LogP contribution in [0.1, 0.15) is 5.56 Å². The highest BCUT2D eigenvalue weighted by atomic mass is 127. The smallest absolute Gasteiger partial charge is 0.194 e. The van der Waals surface area contributed by atoms with Crippen molar-refractivity contribution >= 4 is 35.6 Å². The predicted octanol–water partition coefficient (Wildman–Crippen LogP) is 3.23. The highest BCUT2D eigenvalue weighted by Crippen LogP contribution is 2.29. The van der Waals surface area contributed by atoms with Gasteiger partial charge in [-0.25, -0.2) is 0 Å². The van der Waals surface area contributed by atoms with Gasteiger partial charge in [-0.2, -0.15) is 0 Å². The summed E-state index contributed by atoms with van der Waals surface area (Å²) < 4.78 is 16.4. The number of para-hydroxylation sites is 2. The molecule has 1 N–H and O–H groups in total. The van der Waals surface area contributed by atoms with Crippen LogP contribution in [0.5, 0.6) is 17.2 Å². The zero-order chi connectivity index (χ0) is 22.1. The Labute approximate surface area is 207 Å². The van der Waals surface area contributed by atoms with Crippen LogP contribution in [0, 0.1) is 12.3 Å². The van der Waals surface area contributed by atoms with E-state index in [1.165, 1.54) is 0 Å². The Morgan fingerprint density at radius 1 is 1.03 bits per heavy atom. The van der Waals surface area contributed by atoms with Gasteiger partial charge in [-0.1, -0.05) is 24.1 Å². The molecule has 1 heterocycles. The summed E-state index contributed by atoms with van der Waals surface area (Å²) in [6.45, 7) is 4.36. The first-order valence-corrected chi connectivity index (χ1v) is 10.3. The number of hydrogen-bond donors (Lipinski definition) is 1. The molecule has 2 aromatic carbocycles. The first-order valence-electron chi connectivity index (χ1n) is 10.3. The number of hydrogen-bond acceptors (Lipinski definition) is 5. The zero-order valence-corrected chi connectivity index (χ0v) is 21.2. The summed E-state index contributed by atoms with van der Waals surface area (Å²) in [7, 11) is 5.13. The van der Waals surface area contributed by atoms with Gasteiger partial charge in [-0.05, 0) is 29.8 Å². The lowest BCUT2D eigenvalue weighted by atomic mass is 10.2. The Kier molecular flexibility index (Phi) is 10.3. The number of methoxy groups -OCH3 is 2. The molecule has 0 atom stereocenters. The molecule has 3 rings (SSSR count). The number of anilines is 1. The third kappa shape index (κ3) is 6.36. The van der Waals surface area contributed by atoms with Crippen molar-refractivity contribution in [3.8, 4) is 29.6 Å². The van der Waals surface area contributed by atoms with Crippen molar-refractivity contribution in [2.75, 3.05) is 59.0 Å². The van der Waals surface area contributed by atoms with E-state index in [0.29, 0.717) is 18.0 Å². The van der Waals surface area contributed by atoms with Crippen molar-refractivity contribution in [1.29, 1.82) is 0 Å². The molecule has 0 unspecified atom stereocenters. The van der Waals surface area contributed by atoms with Gasteiger partial charge in [0.15, 0.2) is 17.5 Å². The van der Waals surface area contributed by atoms with E-state index in [1.807, 2.05) is 43.4 Å². The van der Waals surface area contributed by atoms with E-state index in [1.54, 1.807) is 14.2 Å². The molecule has 7 nitrogen and oxygen atoms in total. The maximum atomic E-state index is 5.59. The highest BCUT2D eigenvalue weighted by molar-refractivity contribution is 14.0. The molecule has 8 heteroatoms. The average molecular weight is 550 g/mol. The topological polar surface area (TPSA) is 58.6 Å². The molecule has 0 aromatic heterocycles. The second kappa shape index (κ2) is 12.9. The lowest BCUT2D eigenvalue weighted by molar-refractivity contribution is 0.330. The number of aliphatic imine (C=N–C) groups is 1. The Morgan fingerprint density at radius 2 is 1.75 bits per heavy atom. The number of piperazine rings is 1. The molecule has 1 aliphatic rings. The number of benzene rings is 2. The Hall–Kier alpha value is -2.80. The SMILES string of the molecule is C#CCOc1cc(CNC(=NC)N2CCN(c3ccccc3OC)CC2)ccc1OC.I. The van der Waals surface area contributed by atoms with Gasteiger partial charge in [0.2, 0.25) is 0 Å². The second-order valence-electron chi connectivity index (χ2n) is 7.02. The Bertz CT molecular complexity index is 937. The third-order valence-electron chi connectivity index (χ3n) is 5.21. The van der Waals surface area contributed by atoms with Crippen molar-refractivity contribution < 1.29 is 14.2 Å². The van der Waals surface area contributed by atoms with E-state index in [2.05, 4.69) is 32.1 Å². The maximum absolute atomic E-state index is 5.59. The quantitative estimate of drug-likeness (QED) is 0.248. The van der Waals surface area contributed by atoms with Gasteiger partial charge >= 0.3 is 0 Å². The molecular weight excluding hydrogens is 519 g/mol. The molecule has 1 aliphatic heterocycles. The highest BCUT2D eigenvalue weighted by Gasteiger charge is 2.21. The fourth-order valence-electron chi connectivity index (χ4n) is 3.63. The van der Waals surface area contributed by atoms with Crippen LogP contribution >= 0.6 is 24.0 Å². The number of terminal acetylenes is 1. The van der Waals surface area contributed by atoms with Crippen LogP contribution in [0.2, 0.25) is 0 Å². The minimum atomic E-state index is 0. The molecule has 0 saturated carbocycles. The van der Waals surface area contributed by atoms with Crippen molar-refractivity contribution in [2.24, 2.45) is 4.99 Å². The summed E-state index contributed by atoms with van der Waals surface area (Å²) in [5.74, 6) is 5.56. The first-order chi connectivity index (χ1) is 15.2. The number of nitrogens with one attached hydrogen (secondary N) is 1. The van der Waals surface area contributed by atoms with E-state index in [4.69, 9.17) is 20.6 Å². The molecule has 0 amide bonds. The lowest BCUT2D eigenvalue weighted by Crippen LogP contribution is -2.52. The summed E-state index contributed by atoms with van der Waals surface area (Å²) in [4.78, 5) is 9.09. The van der Waals surface area contributed by atoms with Gasteiger partial charge < -0.3 is 29.3 Å². The van der Waals surface area contributed by atoms with Crippen LogP contribution in [0.4, 0.5) is 5.69 Å². The van der Waals surface area contributed by atoms with E-state index < -0.39 is 0 Å². The number of halogens is 1. The number of ether oxygens (including phenoxy) is 3. The van der Waals surface area contributed by atoms with E-state index in [-0.39, 0.29) is 30.6 Å². The van der Waals surface area contributed by atoms with Crippen molar-refractivity contribution in [1.82, 2.24) is 10.2 Å². The average Bonchev–Trinajstić information content (AvgIpc) is 2.83. The molecular formula is C24H31IN4O3. The lowest BCUT2D eigenvalue weighted by Gasteiger charge is -2.38. The predicted molar refractivity (Wildman–Crippen MR) is 140 cm³/mol. The summed E-state index contributed by atoms with van der Waals surface area (Å²) in [6, 6.07) is 14.0. The van der Waals surface area contributed by atoms with Crippen molar-refractivity contribution in [3.63, 3.8) is 0 Å². The standard InChI is InChI=1S/C24H30N4O3.HI/c1-5-16-31-23-17-19(10-11-22(23)30-4)18-26-24(25-2)28-14-12-27(13-15-28)20-8-6-7-9-21(20)29-3;/h1,6-11,17H,12-16,18H2,2-4H3,(H,25,26);1H. The molecule has 0 aliphatic carbocycles. The number of nitrogens with zero attached hydrogens (tertiary/aromatic N) is 3. The normalized spacial score (nSPS) is 13.6. The summed E-state index contributed by atoms with van der Waals surface area (Å²) in [6.07, 6.45) is 5.31. The minimum Gasteiger partial charge on any atom is -0.495 e. The van der Waals surface area contributed by atoms with Gasteiger partial charge in [-0.15, -0.1) is 30.4 Å². The molecule has 32 heavy (non-hydrogen) atoms. The van der Waals surface area contributed by atoms with E-state index in [0.717, 1.165) is 49.1 Å². The van der Waals surface area contributed by atoms with Crippen LogP contribution in [-0.4, -0.2) is 64.9 Å². The van der Waals surface area contributed by atoms with Crippen LogP contribution in [-0.2, 0) is 6.54 Å². The molecule has 0 radical (unpaired) electrons. The van der Waals surface area contributed by atoms with E-state index in [9.17, 15) is 0 Å². The van der Waals surface area contributed by atoms with Gasteiger partial charge in [0.05, 0.1) is 19.9 Å². The van der Waals surface area contributed by atoms with Crippen molar-refractivity contribution in [3.05, 3.63) is 48.0 Å². The molecule has 0 spiro atoms. The zero-order valence-electron chi connectivity index (χ0n) is 18.8. The minimum absolute atomic E-state index is 0. The Balaban J connectivity index is 0.00000363. The number of guanidine groups is 1. The summed E-state index contributed by atoms with van der Waals surface area (Å²) in [5.41, 5.74) is 2.19. The molecule has 2 aromatic rings. The van der Waals surface area contributed by atoms with Gasteiger partial charge in [0.25, 0.3) is 0 Å².